The van der Waals surface area contributed by atoms with E-state index in [2.05, 4.69) is 15.0 Å². The molecule has 24 heavy (non-hydrogen) atoms. The molecule has 2 rings (SSSR count). The number of rotatable bonds is 7. The normalized spacial score (nSPS) is 21.5. The van der Waals surface area contributed by atoms with Crippen LogP contribution in [0.5, 0.6) is 5.88 Å². The molecule has 0 unspecified atom stereocenters. The van der Waals surface area contributed by atoms with E-state index >= 15 is 0 Å². The summed E-state index contributed by atoms with van der Waals surface area (Å²) < 4.78 is 54.1. The van der Waals surface area contributed by atoms with E-state index in [1.54, 1.807) is 6.07 Å². The van der Waals surface area contributed by atoms with E-state index < -0.39 is 24.9 Å². The van der Waals surface area contributed by atoms with Gasteiger partial charge in [-0.2, -0.15) is 8.78 Å². The molecule has 0 aromatic carbocycles. The third-order valence-corrected chi connectivity index (χ3v) is 3.92. The van der Waals surface area contributed by atoms with Gasteiger partial charge in [-0.1, -0.05) is 0 Å². The first-order valence-electron chi connectivity index (χ1n) is 7.52. The minimum absolute atomic E-state index is 0.109. The van der Waals surface area contributed by atoms with E-state index in [4.69, 9.17) is 5.11 Å². The molecule has 9 heteroatoms. The standard InChI is InChI=1S/C15H18F4N2O3/c16-14(17)15(18,19)8-24-12-6-5-11(7-20-12)21-10-3-1-9(2-4-10)13(22)23/h5-7,9-10,14,21H,1-4,8H2,(H,22,23). The zero-order valence-electron chi connectivity index (χ0n) is 12.7. The number of alkyl halides is 4. The number of nitrogens with one attached hydrogen (secondary N) is 1. The summed E-state index contributed by atoms with van der Waals surface area (Å²) in [6, 6.07) is 2.97. The Kier molecular flexibility index (Phi) is 5.84. The number of hydrogen-bond donors (Lipinski definition) is 2. The van der Waals surface area contributed by atoms with Crippen LogP contribution in [-0.4, -0.2) is 41.1 Å². The molecule has 0 aliphatic heterocycles. The lowest BCUT2D eigenvalue weighted by atomic mass is 9.86. The number of carbonyl (C=O) groups is 1. The van der Waals surface area contributed by atoms with Crippen LogP contribution in [0.1, 0.15) is 25.7 Å². The van der Waals surface area contributed by atoms with E-state index in [-0.39, 0.29) is 17.8 Å². The number of aromatic nitrogens is 1. The topological polar surface area (TPSA) is 71.5 Å². The molecule has 1 aliphatic carbocycles. The average molecular weight is 350 g/mol. The molecule has 0 spiro atoms. The van der Waals surface area contributed by atoms with Gasteiger partial charge in [0.15, 0.2) is 6.61 Å². The van der Waals surface area contributed by atoms with Crippen LogP contribution in [0.25, 0.3) is 0 Å². The van der Waals surface area contributed by atoms with Gasteiger partial charge in [0, 0.05) is 12.1 Å². The fourth-order valence-electron chi connectivity index (χ4n) is 2.50. The molecule has 1 aliphatic rings. The van der Waals surface area contributed by atoms with Crippen molar-refractivity contribution in [3.05, 3.63) is 18.3 Å². The van der Waals surface area contributed by atoms with Crippen molar-refractivity contribution in [3.63, 3.8) is 0 Å². The second-order valence-electron chi connectivity index (χ2n) is 5.77. The highest BCUT2D eigenvalue weighted by Crippen LogP contribution is 2.27. The summed E-state index contributed by atoms with van der Waals surface area (Å²) in [4.78, 5) is 14.7. The molecule has 1 saturated carbocycles. The molecule has 1 heterocycles. The minimum Gasteiger partial charge on any atom is -0.481 e. The Labute approximate surface area is 136 Å². The van der Waals surface area contributed by atoms with E-state index in [0.717, 1.165) is 0 Å². The van der Waals surface area contributed by atoms with Crippen molar-refractivity contribution in [2.24, 2.45) is 5.92 Å². The molecule has 0 bridgehead atoms. The largest absolute Gasteiger partial charge is 0.481 e. The molecule has 1 aromatic rings. The molecular weight excluding hydrogens is 332 g/mol. The first kappa shape index (κ1) is 18.3. The maximum Gasteiger partial charge on any atom is 0.340 e. The van der Waals surface area contributed by atoms with Gasteiger partial charge in [-0.3, -0.25) is 4.79 Å². The van der Waals surface area contributed by atoms with Crippen LogP contribution in [0.3, 0.4) is 0 Å². The van der Waals surface area contributed by atoms with Gasteiger partial charge in [0.25, 0.3) is 0 Å². The number of ether oxygens (including phenoxy) is 1. The molecule has 1 fully saturated rings. The predicted molar refractivity (Wildman–Crippen MR) is 77.7 cm³/mol. The van der Waals surface area contributed by atoms with Crippen molar-refractivity contribution in [1.82, 2.24) is 4.98 Å². The fourth-order valence-corrected chi connectivity index (χ4v) is 2.50. The summed E-state index contributed by atoms with van der Waals surface area (Å²) in [5, 5.41) is 12.1. The molecule has 5 nitrogen and oxygen atoms in total. The summed E-state index contributed by atoms with van der Waals surface area (Å²) >= 11 is 0. The monoisotopic (exact) mass is 350 g/mol. The van der Waals surface area contributed by atoms with E-state index in [1.165, 1.54) is 12.3 Å². The van der Waals surface area contributed by atoms with Gasteiger partial charge >= 0.3 is 18.3 Å². The number of nitrogens with zero attached hydrogens (tertiary/aromatic N) is 1. The highest BCUT2D eigenvalue weighted by Gasteiger charge is 2.41. The number of hydrogen-bond acceptors (Lipinski definition) is 4. The molecular formula is C15H18F4N2O3. The molecule has 2 N–H and O–H groups in total. The minimum atomic E-state index is -4.22. The van der Waals surface area contributed by atoms with Gasteiger partial charge in [0.2, 0.25) is 5.88 Å². The average Bonchev–Trinajstić information content (AvgIpc) is 2.54. The smallest absolute Gasteiger partial charge is 0.340 e. The van der Waals surface area contributed by atoms with Crippen LogP contribution < -0.4 is 10.1 Å². The Morgan fingerprint density at radius 3 is 2.50 bits per heavy atom. The second-order valence-corrected chi connectivity index (χ2v) is 5.77. The van der Waals surface area contributed by atoms with Gasteiger partial charge in [-0.25, -0.2) is 13.8 Å². The zero-order valence-corrected chi connectivity index (χ0v) is 12.7. The van der Waals surface area contributed by atoms with E-state index in [9.17, 15) is 22.4 Å². The number of halogens is 4. The lowest BCUT2D eigenvalue weighted by Gasteiger charge is -2.27. The summed E-state index contributed by atoms with van der Waals surface area (Å²) in [6.45, 7) is -1.44. The number of aliphatic carboxylic acids is 1. The molecule has 0 radical (unpaired) electrons. The first-order chi connectivity index (χ1) is 11.3. The van der Waals surface area contributed by atoms with E-state index in [0.29, 0.717) is 31.4 Å². The SMILES string of the molecule is O=C(O)C1CCC(Nc2ccc(OCC(F)(F)C(F)F)nc2)CC1. The van der Waals surface area contributed by atoms with Crippen LogP contribution in [0, 0.1) is 5.92 Å². The molecule has 0 amide bonds. The Hall–Kier alpha value is -2.06. The summed E-state index contributed by atoms with van der Waals surface area (Å²) in [5.41, 5.74) is 0.627. The number of anilines is 1. The second kappa shape index (κ2) is 7.67. The number of carboxylic acids is 1. The van der Waals surface area contributed by atoms with Crippen molar-refractivity contribution in [2.45, 2.75) is 44.1 Å². The summed E-state index contributed by atoms with van der Waals surface area (Å²) in [7, 11) is 0. The predicted octanol–water partition coefficient (Wildman–Crippen LogP) is 3.42. The van der Waals surface area contributed by atoms with Crippen LogP contribution in [0.4, 0.5) is 23.2 Å². The van der Waals surface area contributed by atoms with Crippen molar-refractivity contribution in [2.75, 3.05) is 11.9 Å². The fraction of sp³-hybridized carbons (Fsp3) is 0.600. The van der Waals surface area contributed by atoms with Gasteiger partial charge in [-0.15, -0.1) is 0 Å². The Balaban J connectivity index is 1.81. The summed E-state index contributed by atoms with van der Waals surface area (Å²) in [5.74, 6) is -5.48. The van der Waals surface area contributed by atoms with Crippen molar-refractivity contribution >= 4 is 11.7 Å². The first-order valence-corrected chi connectivity index (χ1v) is 7.52. The number of pyridine rings is 1. The van der Waals surface area contributed by atoms with Gasteiger partial charge in [-0.05, 0) is 31.7 Å². The molecule has 134 valence electrons. The van der Waals surface area contributed by atoms with Crippen molar-refractivity contribution in [3.8, 4) is 5.88 Å². The lowest BCUT2D eigenvalue weighted by molar-refractivity contribution is -0.148. The Morgan fingerprint density at radius 1 is 1.33 bits per heavy atom. The third kappa shape index (κ3) is 4.97. The van der Waals surface area contributed by atoms with Crippen LogP contribution in [0.2, 0.25) is 0 Å². The highest BCUT2D eigenvalue weighted by atomic mass is 19.3. The van der Waals surface area contributed by atoms with Gasteiger partial charge in [0.1, 0.15) is 0 Å². The quantitative estimate of drug-likeness (QED) is 0.738. The van der Waals surface area contributed by atoms with Crippen LogP contribution >= 0.6 is 0 Å². The van der Waals surface area contributed by atoms with Crippen molar-refractivity contribution < 1.29 is 32.2 Å². The number of carboxylic acid groups (broad SMARTS) is 1. The zero-order chi connectivity index (χ0) is 17.7. The maximum atomic E-state index is 12.8. The molecule has 0 atom stereocenters. The Morgan fingerprint density at radius 2 is 2.00 bits per heavy atom. The maximum absolute atomic E-state index is 12.8. The molecule has 0 saturated heterocycles. The van der Waals surface area contributed by atoms with E-state index in [1.807, 2.05) is 0 Å². The highest BCUT2D eigenvalue weighted by molar-refractivity contribution is 5.70. The summed E-state index contributed by atoms with van der Waals surface area (Å²) in [6.07, 6.45) is 0.152. The van der Waals surface area contributed by atoms with Gasteiger partial charge < -0.3 is 15.2 Å². The van der Waals surface area contributed by atoms with Crippen LogP contribution in [-0.2, 0) is 4.79 Å². The van der Waals surface area contributed by atoms with Crippen LogP contribution in [0.15, 0.2) is 18.3 Å². The van der Waals surface area contributed by atoms with Crippen molar-refractivity contribution in [1.29, 1.82) is 0 Å². The molecule has 1 aromatic heterocycles. The third-order valence-electron chi connectivity index (χ3n) is 3.92. The Bertz CT molecular complexity index is 546. The van der Waals surface area contributed by atoms with Gasteiger partial charge in [0.05, 0.1) is 17.8 Å². The lowest BCUT2D eigenvalue weighted by Crippen LogP contribution is -2.33.